The molecule has 0 spiro atoms. The fraction of sp³-hybridized carbons (Fsp3) is 0.500. The first-order valence-corrected chi connectivity index (χ1v) is 12.8. The Labute approximate surface area is 155 Å². The van der Waals surface area contributed by atoms with Gasteiger partial charge in [0.25, 0.3) is 0 Å². The summed E-state index contributed by atoms with van der Waals surface area (Å²) >= 11 is 0. The highest BCUT2D eigenvalue weighted by molar-refractivity contribution is 6.81. The number of fused-ring (bicyclic) bond motifs is 1. The van der Waals surface area contributed by atoms with E-state index in [-0.39, 0.29) is 10.8 Å². The molecule has 0 saturated heterocycles. The van der Waals surface area contributed by atoms with E-state index in [9.17, 15) is 0 Å². The van der Waals surface area contributed by atoms with Gasteiger partial charge < -0.3 is 0 Å². The molecule has 0 nitrogen and oxygen atoms in total. The Morgan fingerprint density at radius 2 is 1.48 bits per heavy atom. The first-order valence-electron chi connectivity index (χ1n) is 9.64. The van der Waals surface area contributed by atoms with Crippen molar-refractivity contribution in [3.63, 3.8) is 0 Å². The van der Waals surface area contributed by atoms with Crippen molar-refractivity contribution in [3.8, 4) is 0 Å². The lowest BCUT2D eigenvalue weighted by molar-refractivity contribution is 0.517. The Bertz CT molecular complexity index is 760. The standard InChI is InChI=1S/C24H34Si/c1-23(2,3)17-13-14-18(15-17)25(7,8)22-16-21(24(4,5)6)19-11-9-10-12-20(19)22/h9-16,18,22H,1-8H3. The topological polar surface area (TPSA) is 0 Å². The SMILES string of the molecule is CC(C)(C)C1=CC([Si](C)(C)C2C=C(C(C)(C)C)c3ccccc32)C=C1. The molecule has 2 aliphatic carbocycles. The third-order valence-electron chi connectivity index (χ3n) is 6.10. The molecule has 0 fully saturated rings. The van der Waals surface area contributed by atoms with Crippen LogP contribution in [0.2, 0.25) is 18.6 Å². The molecule has 0 heterocycles. The number of rotatable bonds is 2. The molecule has 0 saturated carbocycles. The molecule has 25 heavy (non-hydrogen) atoms. The van der Waals surface area contributed by atoms with E-state index in [1.54, 1.807) is 5.56 Å². The van der Waals surface area contributed by atoms with Crippen LogP contribution in [0.5, 0.6) is 0 Å². The van der Waals surface area contributed by atoms with Crippen LogP contribution in [0.3, 0.4) is 0 Å². The molecule has 3 rings (SSSR count). The average Bonchev–Trinajstić information content (AvgIpc) is 3.12. The normalized spacial score (nSPS) is 23.5. The summed E-state index contributed by atoms with van der Waals surface area (Å²) in [6.45, 7) is 19.2. The van der Waals surface area contributed by atoms with Crippen molar-refractivity contribution in [3.05, 3.63) is 65.3 Å². The predicted molar refractivity (Wildman–Crippen MR) is 115 cm³/mol. The zero-order valence-corrected chi connectivity index (χ0v) is 18.3. The van der Waals surface area contributed by atoms with Crippen LogP contribution in [0, 0.1) is 10.8 Å². The molecular weight excluding hydrogens is 316 g/mol. The van der Waals surface area contributed by atoms with Gasteiger partial charge in [-0.05, 0) is 44.2 Å². The molecular formula is C24H34Si. The zero-order valence-electron chi connectivity index (χ0n) is 17.3. The predicted octanol–water partition coefficient (Wildman–Crippen LogP) is 7.37. The highest BCUT2D eigenvalue weighted by Gasteiger charge is 2.43. The first kappa shape index (κ1) is 18.4. The van der Waals surface area contributed by atoms with Crippen molar-refractivity contribution >= 4 is 13.6 Å². The Balaban J connectivity index is 2.03. The molecule has 134 valence electrons. The third kappa shape index (κ3) is 3.24. The van der Waals surface area contributed by atoms with Crippen LogP contribution in [0.15, 0.2) is 54.1 Å². The van der Waals surface area contributed by atoms with Crippen LogP contribution < -0.4 is 0 Å². The second kappa shape index (κ2) is 5.84. The Kier molecular flexibility index (Phi) is 4.31. The van der Waals surface area contributed by atoms with E-state index in [0.29, 0.717) is 11.1 Å². The maximum atomic E-state index is 2.62. The summed E-state index contributed by atoms with van der Waals surface area (Å²) in [5, 5.41) is 0. The van der Waals surface area contributed by atoms with Gasteiger partial charge in [-0.1, -0.05) is 103 Å². The van der Waals surface area contributed by atoms with E-state index in [2.05, 4.69) is 103 Å². The maximum absolute atomic E-state index is 2.62. The summed E-state index contributed by atoms with van der Waals surface area (Å²) in [6, 6.07) is 9.12. The summed E-state index contributed by atoms with van der Waals surface area (Å²) in [6.07, 6.45) is 10.1. The highest BCUT2D eigenvalue weighted by atomic mass is 28.3. The maximum Gasteiger partial charge on any atom is 0.0707 e. The smallest absolute Gasteiger partial charge is 0.0707 e. The summed E-state index contributed by atoms with van der Waals surface area (Å²) in [5.41, 5.74) is 7.76. The van der Waals surface area contributed by atoms with Crippen LogP contribution in [0.4, 0.5) is 0 Å². The number of allylic oxidation sites excluding steroid dienone is 6. The van der Waals surface area contributed by atoms with E-state index in [1.807, 2.05) is 0 Å². The van der Waals surface area contributed by atoms with Gasteiger partial charge in [-0.15, -0.1) is 0 Å². The summed E-state index contributed by atoms with van der Waals surface area (Å²) in [7, 11) is -1.57. The molecule has 0 bridgehead atoms. The fourth-order valence-electron chi connectivity index (χ4n) is 4.31. The zero-order chi connectivity index (χ0) is 18.6. The Morgan fingerprint density at radius 1 is 0.840 bits per heavy atom. The van der Waals surface area contributed by atoms with Gasteiger partial charge in [0.05, 0.1) is 8.07 Å². The molecule has 0 aliphatic heterocycles. The van der Waals surface area contributed by atoms with Gasteiger partial charge in [0.1, 0.15) is 0 Å². The molecule has 1 aromatic carbocycles. The van der Waals surface area contributed by atoms with Gasteiger partial charge in [-0.2, -0.15) is 0 Å². The number of benzene rings is 1. The monoisotopic (exact) mass is 350 g/mol. The van der Waals surface area contributed by atoms with Crippen molar-refractivity contribution < 1.29 is 0 Å². The molecule has 2 atom stereocenters. The summed E-state index contributed by atoms with van der Waals surface area (Å²) < 4.78 is 0. The summed E-state index contributed by atoms with van der Waals surface area (Å²) in [5.74, 6) is 0. The Hall–Kier alpha value is -1.34. The molecule has 1 heteroatoms. The number of hydrogen-bond acceptors (Lipinski definition) is 0. The van der Waals surface area contributed by atoms with Gasteiger partial charge in [0.15, 0.2) is 0 Å². The second-order valence-electron chi connectivity index (χ2n) is 10.5. The second-order valence-corrected chi connectivity index (χ2v) is 15.4. The largest absolute Gasteiger partial charge is 0.0800 e. The van der Waals surface area contributed by atoms with Crippen LogP contribution in [-0.2, 0) is 0 Å². The van der Waals surface area contributed by atoms with Crippen molar-refractivity contribution in [2.24, 2.45) is 10.8 Å². The van der Waals surface area contributed by atoms with Gasteiger partial charge >= 0.3 is 0 Å². The molecule has 2 unspecified atom stereocenters. The van der Waals surface area contributed by atoms with Crippen molar-refractivity contribution in [2.45, 2.75) is 65.7 Å². The van der Waals surface area contributed by atoms with Crippen LogP contribution in [-0.4, -0.2) is 8.07 Å². The minimum atomic E-state index is -1.57. The van der Waals surface area contributed by atoms with Crippen LogP contribution >= 0.6 is 0 Å². The third-order valence-corrected chi connectivity index (χ3v) is 10.3. The molecule has 0 aromatic heterocycles. The fourth-order valence-corrected chi connectivity index (χ4v) is 7.58. The van der Waals surface area contributed by atoms with Gasteiger partial charge in [-0.25, -0.2) is 0 Å². The van der Waals surface area contributed by atoms with E-state index in [1.165, 1.54) is 16.7 Å². The van der Waals surface area contributed by atoms with Crippen molar-refractivity contribution in [2.75, 3.05) is 0 Å². The molecule has 0 amide bonds. The van der Waals surface area contributed by atoms with E-state index in [0.717, 1.165) is 0 Å². The van der Waals surface area contributed by atoms with Crippen LogP contribution in [0.1, 0.15) is 58.2 Å². The lowest BCUT2D eigenvalue weighted by Crippen LogP contribution is -2.37. The molecule has 2 aliphatic rings. The first-order chi connectivity index (χ1) is 11.4. The van der Waals surface area contributed by atoms with E-state index >= 15 is 0 Å². The highest BCUT2D eigenvalue weighted by Crippen LogP contribution is 2.51. The quantitative estimate of drug-likeness (QED) is 0.488. The minimum Gasteiger partial charge on any atom is -0.0800 e. The van der Waals surface area contributed by atoms with Crippen molar-refractivity contribution in [1.82, 2.24) is 0 Å². The van der Waals surface area contributed by atoms with E-state index < -0.39 is 8.07 Å². The molecule has 0 radical (unpaired) electrons. The molecule has 1 aromatic rings. The lowest BCUT2D eigenvalue weighted by Gasteiger charge is -2.34. The van der Waals surface area contributed by atoms with Gasteiger partial charge in [0, 0.05) is 0 Å². The van der Waals surface area contributed by atoms with Gasteiger partial charge in [-0.3, -0.25) is 0 Å². The minimum absolute atomic E-state index is 0.202. The average molecular weight is 351 g/mol. The van der Waals surface area contributed by atoms with Crippen molar-refractivity contribution in [1.29, 1.82) is 0 Å². The molecule has 0 N–H and O–H groups in total. The van der Waals surface area contributed by atoms with E-state index in [4.69, 9.17) is 0 Å². The summed E-state index contributed by atoms with van der Waals surface area (Å²) in [4.78, 5) is 0. The number of hydrogen-bond donors (Lipinski definition) is 0. The lowest BCUT2D eigenvalue weighted by atomic mass is 9.83. The van der Waals surface area contributed by atoms with Gasteiger partial charge in [0.2, 0.25) is 0 Å². The Morgan fingerprint density at radius 3 is 2.04 bits per heavy atom. The van der Waals surface area contributed by atoms with Crippen LogP contribution in [0.25, 0.3) is 5.57 Å².